The minimum atomic E-state index is -4.64. The van der Waals surface area contributed by atoms with Crippen molar-refractivity contribution in [1.29, 1.82) is 0 Å². The maximum atomic E-state index is 12.0. The Labute approximate surface area is 128 Å². The fraction of sp³-hybridized carbons (Fsp3) is 0.500. The van der Waals surface area contributed by atoms with Crippen molar-refractivity contribution in [3.63, 3.8) is 0 Å². The fourth-order valence-corrected chi connectivity index (χ4v) is 2.02. The molecule has 1 saturated heterocycles. The van der Waals surface area contributed by atoms with Crippen LogP contribution in [0.5, 0.6) is 5.75 Å². The Kier molecular flexibility index (Phi) is 7.47. The van der Waals surface area contributed by atoms with Crippen LogP contribution in [0.15, 0.2) is 24.3 Å². The Bertz CT molecular complexity index is 393. The summed E-state index contributed by atoms with van der Waals surface area (Å²) in [4.78, 5) is 2.11. The van der Waals surface area contributed by atoms with E-state index in [4.69, 9.17) is 5.73 Å². The first-order chi connectivity index (χ1) is 8.44. The standard InChI is InChI=1S/C12H15F3N2O.2ClH/c13-12(14,15)18-11-3-1-10(2-4-11)17-7-5-9(16)6-8-17;;/h1-4,9H,5-8,16H2;2*1H. The number of ether oxygens (including phenoxy) is 1. The molecule has 0 aromatic heterocycles. The summed E-state index contributed by atoms with van der Waals surface area (Å²) in [5, 5.41) is 0. The highest BCUT2D eigenvalue weighted by atomic mass is 35.5. The van der Waals surface area contributed by atoms with E-state index in [-0.39, 0.29) is 36.6 Å². The van der Waals surface area contributed by atoms with Crippen LogP contribution in [-0.2, 0) is 0 Å². The van der Waals surface area contributed by atoms with Crippen LogP contribution in [0.4, 0.5) is 18.9 Å². The Morgan fingerprint density at radius 1 is 1.05 bits per heavy atom. The van der Waals surface area contributed by atoms with Crippen LogP contribution in [0.25, 0.3) is 0 Å². The van der Waals surface area contributed by atoms with Gasteiger partial charge in [0.2, 0.25) is 0 Å². The molecule has 1 aromatic rings. The minimum Gasteiger partial charge on any atom is -0.406 e. The van der Waals surface area contributed by atoms with Gasteiger partial charge in [0.25, 0.3) is 0 Å². The molecule has 1 fully saturated rings. The van der Waals surface area contributed by atoms with Crippen molar-refractivity contribution >= 4 is 30.5 Å². The van der Waals surface area contributed by atoms with E-state index in [1.165, 1.54) is 12.1 Å². The van der Waals surface area contributed by atoms with Gasteiger partial charge in [-0.25, -0.2) is 0 Å². The zero-order valence-electron chi connectivity index (χ0n) is 10.6. The van der Waals surface area contributed by atoms with Crippen molar-refractivity contribution in [3.05, 3.63) is 24.3 Å². The topological polar surface area (TPSA) is 38.5 Å². The van der Waals surface area contributed by atoms with Gasteiger partial charge in [0.1, 0.15) is 5.75 Å². The monoisotopic (exact) mass is 332 g/mol. The average molecular weight is 333 g/mol. The number of hydrogen-bond donors (Lipinski definition) is 1. The lowest BCUT2D eigenvalue weighted by molar-refractivity contribution is -0.274. The number of anilines is 1. The van der Waals surface area contributed by atoms with E-state index < -0.39 is 6.36 Å². The molecular formula is C12H17Cl2F3N2O. The molecule has 116 valence electrons. The highest BCUT2D eigenvalue weighted by molar-refractivity contribution is 5.85. The molecule has 8 heteroatoms. The van der Waals surface area contributed by atoms with Crippen LogP contribution >= 0.6 is 24.8 Å². The zero-order chi connectivity index (χ0) is 13.2. The van der Waals surface area contributed by atoms with E-state index >= 15 is 0 Å². The molecule has 2 N–H and O–H groups in total. The lowest BCUT2D eigenvalue weighted by Gasteiger charge is -2.32. The number of benzene rings is 1. The summed E-state index contributed by atoms with van der Waals surface area (Å²) in [6.07, 6.45) is -2.83. The normalized spacial score (nSPS) is 16.1. The second-order valence-electron chi connectivity index (χ2n) is 4.37. The van der Waals surface area contributed by atoms with Gasteiger partial charge in [-0.15, -0.1) is 38.0 Å². The van der Waals surface area contributed by atoms with E-state index in [1.54, 1.807) is 12.1 Å². The smallest absolute Gasteiger partial charge is 0.406 e. The molecule has 0 amide bonds. The summed E-state index contributed by atoms with van der Waals surface area (Å²) >= 11 is 0. The van der Waals surface area contributed by atoms with Crippen molar-refractivity contribution in [2.75, 3.05) is 18.0 Å². The number of nitrogens with two attached hydrogens (primary N) is 1. The maximum absolute atomic E-state index is 12.0. The molecular weight excluding hydrogens is 316 g/mol. The molecule has 0 saturated carbocycles. The highest BCUT2D eigenvalue weighted by Crippen LogP contribution is 2.26. The number of rotatable bonds is 2. The van der Waals surface area contributed by atoms with Gasteiger partial charge in [0.15, 0.2) is 0 Å². The van der Waals surface area contributed by atoms with E-state index in [0.29, 0.717) is 0 Å². The zero-order valence-corrected chi connectivity index (χ0v) is 12.2. The first-order valence-electron chi connectivity index (χ1n) is 5.80. The third-order valence-corrected chi connectivity index (χ3v) is 2.98. The van der Waals surface area contributed by atoms with E-state index in [0.717, 1.165) is 31.6 Å². The van der Waals surface area contributed by atoms with Gasteiger partial charge >= 0.3 is 6.36 Å². The van der Waals surface area contributed by atoms with Crippen molar-refractivity contribution in [3.8, 4) is 5.75 Å². The molecule has 1 aromatic carbocycles. The van der Waals surface area contributed by atoms with Crippen LogP contribution in [0.2, 0.25) is 0 Å². The Balaban J connectivity index is 0.00000180. The second-order valence-corrected chi connectivity index (χ2v) is 4.37. The lowest BCUT2D eigenvalue weighted by atomic mass is 10.1. The Morgan fingerprint density at radius 3 is 2.00 bits per heavy atom. The van der Waals surface area contributed by atoms with Crippen molar-refractivity contribution in [1.82, 2.24) is 0 Å². The van der Waals surface area contributed by atoms with Gasteiger partial charge in [-0.3, -0.25) is 0 Å². The minimum absolute atomic E-state index is 0. The third-order valence-electron chi connectivity index (χ3n) is 2.98. The predicted molar refractivity (Wildman–Crippen MR) is 77.0 cm³/mol. The SMILES string of the molecule is Cl.Cl.NC1CCN(c2ccc(OC(F)(F)F)cc2)CC1. The maximum Gasteiger partial charge on any atom is 0.573 e. The number of hydrogen-bond acceptors (Lipinski definition) is 3. The molecule has 0 atom stereocenters. The molecule has 2 rings (SSSR count). The van der Waals surface area contributed by atoms with Crippen LogP contribution in [0.1, 0.15) is 12.8 Å². The molecule has 0 bridgehead atoms. The Hall–Kier alpha value is -0.850. The van der Waals surface area contributed by atoms with Gasteiger partial charge in [-0.05, 0) is 37.1 Å². The molecule has 0 unspecified atom stereocenters. The van der Waals surface area contributed by atoms with Gasteiger partial charge in [0, 0.05) is 24.8 Å². The summed E-state index contributed by atoms with van der Waals surface area (Å²) in [7, 11) is 0. The molecule has 0 radical (unpaired) electrons. The summed E-state index contributed by atoms with van der Waals surface area (Å²) in [6.45, 7) is 1.67. The molecule has 1 heterocycles. The van der Waals surface area contributed by atoms with E-state index in [2.05, 4.69) is 9.64 Å². The van der Waals surface area contributed by atoms with Crippen LogP contribution in [0.3, 0.4) is 0 Å². The van der Waals surface area contributed by atoms with Crippen LogP contribution < -0.4 is 15.4 Å². The molecule has 20 heavy (non-hydrogen) atoms. The second kappa shape index (κ2) is 7.81. The van der Waals surface area contributed by atoms with Crippen molar-refractivity contribution in [2.24, 2.45) is 5.73 Å². The molecule has 1 aliphatic rings. The average Bonchev–Trinajstić information content (AvgIpc) is 2.29. The molecule has 0 spiro atoms. The summed E-state index contributed by atoms with van der Waals surface area (Å²) in [6, 6.07) is 6.17. The summed E-state index contributed by atoms with van der Waals surface area (Å²) in [5.74, 6) is -0.194. The quantitative estimate of drug-likeness (QED) is 0.902. The number of alkyl halides is 3. The fourth-order valence-electron chi connectivity index (χ4n) is 2.02. The largest absolute Gasteiger partial charge is 0.573 e. The first kappa shape index (κ1) is 19.1. The van der Waals surface area contributed by atoms with Gasteiger partial charge in [-0.2, -0.15) is 0 Å². The first-order valence-corrected chi connectivity index (χ1v) is 5.80. The number of halogens is 5. The lowest BCUT2D eigenvalue weighted by Crippen LogP contribution is -2.39. The summed E-state index contributed by atoms with van der Waals surface area (Å²) < 4.78 is 39.8. The predicted octanol–water partition coefficient (Wildman–Crippen LogP) is 3.36. The molecule has 1 aliphatic heterocycles. The van der Waals surface area contributed by atoms with Crippen LogP contribution in [-0.4, -0.2) is 25.5 Å². The third kappa shape index (κ3) is 5.64. The number of nitrogens with zero attached hydrogens (tertiary/aromatic N) is 1. The van der Waals surface area contributed by atoms with Crippen molar-refractivity contribution in [2.45, 2.75) is 25.2 Å². The van der Waals surface area contributed by atoms with Gasteiger partial charge < -0.3 is 15.4 Å². The van der Waals surface area contributed by atoms with Gasteiger partial charge in [-0.1, -0.05) is 0 Å². The Morgan fingerprint density at radius 2 is 1.55 bits per heavy atom. The van der Waals surface area contributed by atoms with E-state index in [1.807, 2.05) is 0 Å². The highest BCUT2D eigenvalue weighted by Gasteiger charge is 2.31. The number of piperidine rings is 1. The van der Waals surface area contributed by atoms with Crippen molar-refractivity contribution < 1.29 is 17.9 Å². The van der Waals surface area contributed by atoms with Crippen LogP contribution in [0, 0.1) is 0 Å². The molecule has 0 aliphatic carbocycles. The summed E-state index contributed by atoms with van der Waals surface area (Å²) in [5.41, 5.74) is 6.70. The van der Waals surface area contributed by atoms with Gasteiger partial charge in [0.05, 0.1) is 0 Å². The molecule has 3 nitrogen and oxygen atoms in total. The van der Waals surface area contributed by atoms with E-state index in [9.17, 15) is 13.2 Å².